The highest BCUT2D eigenvalue weighted by atomic mass is 15.0. The number of nitrogens with zero attached hydrogens (tertiary/aromatic N) is 3. The number of nitrogen functional groups attached to an aromatic ring is 1. The normalized spacial score (nSPS) is 11.8. The molecule has 0 saturated carbocycles. The number of fused-ring (bicyclic) bond motifs is 1. The Labute approximate surface area is 143 Å². The van der Waals surface area contributed by atoms with Gasteiger partial charge in [0.1, 0.15) is 5.52 Å². The van der Waals surface area contributed by atoms with Gasteiger partial charge in [-0.1, -0.05) is 58.4 Å². The lowest BCUT2D eigenvalue weighted by atomic mass is 9.86. The third kappa shape index (κ3) is 3.23. The van der Waals surface area contributed by atoms with Crippen LogP contribution in [0.15, 0.2) is 36.4 Å². The minimum Gasteiger partial charge on any atom is -0.368 e. The Hall–Kier alpha value is -2.49. The Morgan fingerprint density at radius 3 is 2.25 bits per heavy atom. The highest BCUT2D eigenvalue weighted by Crippen LogP contribution is 2.27. The van der Waals surface area contributed by atoms with Gasteiger partial charge in [-0.2, -0.15) is 0 Å². The molecule has 0 bridgehead atoms. The van der Waals surface area contributed by atoms with Crippen molar-refractivity contribution in [3.63, 3.8) is 0 Å². The van der Waals surface area contributed by atoms with E-state index in [1.807, 2.05) is 12.1 Å². The number of nitrogens with two attached hydrogens (primary N) is 1. The van der Waals surface area contributed by atoms with Crippen LogP contribution in [0.1, 0.15) is 45.4 Å². The van der Waals surface area contributed by atoms with Crippen LogP contribution in [0, 0.1) is 0 Å². The first kappa shape index (κ1) is 16.4. The van der Waals surface area contributed by atoms with E-state index in [0.717, 1.165) is 40.8 Å². The fourth-order valence-corrected chi connectivity index (χ4v) is 2.81. The Morgan fingerprint density at radius 1 is 0.917 bits per heavy atom. The van der Waals surface area contributed by atoms with E-state index in [0.29, 0.717) is 5.95 Å². The summed E-state index contributed by atoms with van der Waals surface area (Å²) in [7, 11) is 0. The van der Waals surface area contributed by atoms with Crippen LogP contribution in [-0.2, 0) is 11.8 Å². The zero-order valence-corrected chi connectivity index (χ0v) is 14.8. The molecule has 0 atom stereocenters. The van der Waals surface area contributed by atoms with Gasteiger partial charge in [0.05, 0.1) is 16.9 Å². The van der Waals surface area contributed by atoms with Gasteiger partial charge in [-0.25, -0.2) is 15.0 Å². The second-order valence-electron chi connectivity index (χ2n) is 7.17. The van der Waals surface area contributed by atoms with Crippen molar-refractivity contribution in [3.8, 4) is 11.3 Å². The molecule has 2 N–H and O–H groups in total. The maximum atomic E-state index is 5.81. The van der Waals surface area contributed by atoms with Crippen LogP contribution >= 0.6 is 0 Å². The van der Waals surface area contributed by atoms with Gasteiger partial charge in [0.15, 0.2) is 0 Å². The number of pyridine rings is 1. The van der Waals surface area contributed by atoms with Gasteiger partial charge >= 0.3 is 0 Å². The third-order valence-corrected chi connectivity index (χ3v) is 4.17. The van der Waals surface area contributed by atoms with Crippen molar-refractivity contribution in [2.45, 2.75) is 46.0 Å². The SMILES string of the molecule is CCCc1nc(N)nc2ccc(-c3ccc(C(C)(C)C)cc3)nc12. The van der Waals surface area contributed by atoms with E-state index < -0.39 is 0 Å². The van der Waals surface area contributed by atoms with Crippen molar-refractivity contribution in [2.24, 2.45) is 0 Å². The smallest absolute Gasteiger partial charge is 0.220 e. The van der Waals surface area contributed by atoms with Crippen molar-refractivity contribution in [1.82, 2.24) is 15.0 Å². The van der Waals surface area contributed by atoms with E-state index in [4.69, 9.17) is 10.7 Å². The molecule has 2 heterocycles. The molecule has 24 heavy (non-hydrogen) atoms. The largest absolute Gasteiger partial charge is 0.368 e. The third-order valence-electron chi connectivity index (χ3n) is 4.17. The van der Waals surface area contributed by atoms with E-state index in [1.165, 1.54) is 5.56 Å². The maximum Gasteiger partial charge on any atom is 0.220 e. The Morgan fingerprint density at radius 2 is 1.62 bits per heavy atom. The summed E-state index contributed by atoms with van der Waals surface area (Å²) >= 11 is 0. The van der Waals surface area contributed by atoms with E-state index in [1.54, 1.807) is 0 Å². The van der Waals surface area contributed by atoms with Crippen LogP contribution in [0.3, 0.4) is 0 Å². The van der Waals surface area contributed by atoms with E-state index in [2.05, 4.69) is 61.9 Å². The van der Waals surface area contributed by atoms with Crippen molar-refractivity contribution in [3.05, 3.63) is 47.7 Å². The van der Waals surface area contributed by atoms with Crippen LogP contribution < -0.4 is 5.73 Å². The second kappa shape index (κ2) is 6.19. The van der Waals surface area contributed by atoms with Gasteiger partial charge in [-0.05, 0) is 29.5 Å². The van der Waals surface area contributed by atoms with Crippen LogP contribution in [0.2, 0.25) is 0 Å². The standard InChI is InChI=1S/C20H24N4/c1-5-6-16-18-17(24-19(21)23-16)12-11-15(22-18)13-7-9-14(10-8-13)20(2,3)4/h7-12H,5-6H2,1-4H3,(H2,21,23,24). The Bertz CT molecular complexity index is 861. The highest BCUT2D eigenvalue weighted by molar-refractivity contribution is 5.80. The van der Waals surface area contributed by atoms with Gasteiger partial charge < -0.3 is 5.73 Å². The summed E-state index contributed by atoms with van der Waals surface area (Å²) in [5.41, 5.74) is 11.9. The predicted octanol–water partition coefficient (Wildman–Crippen LogP) is 4.52. The number of aryl methyl sites for hydroxylation is 1. The number of hydrogen-bond donors (Lipinski definition) is 1. The number of rotatable bonds is 3. The number of benzene rings is 1. The monoisotopic (exact) mass is 320 g/mol. The van der Waals surface area contributed by atoms with Gasteiger partial charge in [-0.15, -0.1) is 0 Å². The van der Waals surface area contributed by atoms with Crippen LogP contribution in [0.5, 0.6) is 0 Å². The molecular formula is C20H24N4. The minimum atomic E-state index is 0.148. The lowest BCUT2D eigenvalue weighted by Gasteiger charge is -2.19. The maximum absolute atomic E-state index is 5.81. The lowest BCUT2D eigenvalue weighted by Crippen LogP contribution is -2.10. The summed E-state index contributed by atoms with van der Waals surface area (Å²) in [6.07, 6.45) is 1.85. The Kier molecular flexibility index (Phi) is 4.22. The molecule has 0 aliphatic heterocycles. The molecule has 124 valence electrons. The highest BCUT2D eigenvalue weighted by Gasteiger charge is 2.14. The molecule has 0 radical (unpaired) electrons. The van der Waals surface area contributed by atoms with Crippen molar-refractivity contribution >= 4 is 17.0 Å². The minimum absolute atomic E-state index is 0.148. The number of hydrogen-bond acceptors (Lipinski definition) is 4. The summed E-state index contributed by atoms with van der Waals surface area (Å²) < 4.78 is 0. The topological polar surface area (TPSA) is 64.7 Å². The van der Waals surface area contributed by atoms with Crippen LogP contribution in [-0.4, -0.2) is 15.0 Å². The van der Waals surface area contributed by atoms with Gasteiger partial charge in [-0.3, -0.25) is 0 Å². The van der Waals surface area contributed by atoms with Crippen molar-refractivity contribution in [1.29, 1.82) is 0 Å². The van der Waals surface area contributed by atoms with Gasteiger partial charge in [0.25, 0.3) is 0 Å². The average Bonchev–Trinajstić information content (AvgIpc) is 2.54. The molecule has 0 saturated heterocycles. The second-order valence-corrected chi connectivity index (χ2v) is 7.17. The van der Waals surface area contributed by atoms with Crippen molar-refractivity contribution < 1.29 is 0 Å². The molecule has 0 unspecified atom stereocenters. The number of anilines is 1. The fraction of sp³-hybridized carbons (Fsp3) is 0.350. The van der Waals surface area contributed by atoms with E-state index in [9.17, 15) is 0 Å². The molecule has 4 heteroatoms. The molecule has 0 aliphatic rings. The summed E-state index contributed by atoms with van der Waals surface area (Å²) in [4.78, 5) is 13.5. The molecule has 1 aromatic carbocycles. The van der Waals surface area contributed by atoms with Gasteiger partial charge in [0.2, 0.25) is 5.95 Å². The lowest BCUT2D eigenvalue weighted by molar-refractivity contribution is 0.590. The summed E-state index contributed by atoms with van der Waals surface area (Å²) in [5, 5.41) is 0. The van der Waals surface area contributed by atoms with Crippen molar-refractivity contribution in [2.75, 3.05) is 5.73 Å². The van der Waals surface area contributed by atoms with Gasteiger partial charge in [0, 0.05) is 5.56 Å². The first-order chi connectivity index (χ1) is 11.4. The molecule has 0 fully saturated rings. The molecular weight excluding hydrogens is 296 g/mol. The molecule has 2 aromatic heterocycles. The predicted molar refractivity (Wildman–Crippen MR) is 99.9 cm³/mol. The van der Waals surface area contributed by atoms with E-state index >= 15 is 0 Å². The summed E-state index contributed by atoms with van der Waals surface area (Å²) in [6, 6.07) is 12.6. The zero-order chi connectivity index (χ0) is 17.3. The molecule has 3 rings (SSSR count). The average molecular weight is 320 g/mol. The zero-order valence-electron chi connectivity index (χ0n) is 14.8. The molecule has 4 nitrogen and oxygen atoms in total. The molecule has 0 aliphatic carbocycles. The molecule has 0 spiro atoms. The first-order valence-electron chi connectivity index (χ1n) is 8.42. The van der Waals surface area contributed by atoms with Crippen LogP contribution in [0.25, 0.3) is 22.3 Å². The number of aromatic nitrogens is 3. The Balaban J connectivity index is 2.07. The quantitative estimate of drug-likeness (QED) is 0.770. The summed E-state index contributed by atoms with van der Waals surface area (Å²) in [6.45, 7) is 8.78. The first-order valence-corrected chi connectivity index (χ1v) is 8.42. The van der Waals surface area contributed by atoms with E-state index in [-0.39, 0.29) is 5.41 Å². The fourth-order valence-electron chi connectivity index (χ4n) is 2.81. The molecule has 3 aromatic rings. The summed E-state index contributed by atoms with van der Waals surface area (Å²) in [5.74, 6) is 0.315. The molecule has 0 amide bonds. The van der Waals surface area contributed by atoms with Crippen LogP contribution in [0.4, 0.5) is 5.95 Å².